The maximum absolute atomic E-state index is 4.43. The molecule has 0 bridgehead atoms. The molecule has 3 rings (SSSR count). The fourth-order valence-corrected chi connectivity index (χ4v) is 2.75. The molecular formula is C17H23N5. The Morgan fingerprint density at radius 3 is 2.64 bits per heavy atom. The van der Waals surface area contributed by atoms with E-state index in [1.165, 1.54) is 5.56 Å². The lowest BCUT2D eigenvalue weighted by molar-refractivity contribution is 0.270. The lowest BCUT2D eigenvalue weighted by atomic mass is 10.2. The van der Waals surface area contributed by atoms with E-state index in [0.717, 1.165) is 50.0 Å². The van der Waals surface area contributed by atoms with Crippen LogP contribution < -0.4 is 10.2 Å². The smallest absolute Gasteiger partial charge is 0.135 e. The highest BCUT2D eigenvalue weighted by Crippen LogP contribution is 2.20. The quantitative estimate of drug-likeness (QED) is 0.940. The molecule has 0 saturated carbocycles. The SMILES string of the molecule is CCN1CCN(c2cc(Nc3cccc(C)c3)ncn2)CC1. The highest BCUT2D eigenvalue weighted by atomic mass is 15.3. The van der Waals surface area contributed by atoms with Gasteiger partial charge in [-0.25, -0.2) is 9.97 Å². The van der Waals surface area contributed by atoms with Gasteiger partial charge in [-0.05, 0) is 31.2 Å². The van der Waals surface area contributed by atoms with E-state index >= 15 is 0 Å². The number of benzene rings is 1. The van der Waals surface area contributed by atoms with Crippen LogP contribution in [0.5, 0.6) is 0 Å². The molecule has 1 aromatic heterocycles. The molecule has 1 saturated heterocycles. The lowest BCUT2D eigenvalue weighted by Crippen LogP contribution is -2.46. The predicted octanol–water partition coefficient (Wildman–Crippen LogP) is 2.67. The molecule has 2 aromatic rings. The van der Waals surface area contributed by atoms with E-state index in [0.29, 0.717) is 0 Å². The topological polar surface area (TPSA) is 44.3 Å². The maximum Gasteiger partial charge on any atom is 0.135 e. The molecule has 0 radical (unpaired) electrons. The van der Waals surface area contributed by atoms with Gasteiger partial charge in [0.2, 0.25) is 0 Å². The largest absolute Gasteiger partial charge is 0.354 e. The van der Waals surface area contributed by atoms with Crippen molar-refractivity contribution in [2.75, 3.05) is 42.9 Å². The van der Waals surface area contributed by atoms with Crippen molar-refractivity contribution in [2.45, 2.75) is 13.8 Å². The Morgan fingerprint density at radius 1 is 1.09 bits per heavy atom. The van der Waals surface area contributed by atoms with Crippen LogP contribution in [-0.4, -0.2) is 47.6 Å². The summed E-state index contributed by atoms with van der Waals surface area (Å²) < 4.78 is 0. The van der Waals surface area contributed by atoms with E-state index < -0.39 is 0 Å². The Morgan fingerprint density at radius 2 is 1.91 bits per heavy atom. The van der Waals surface area contributed by atoms with Crippen LogP contribution in [0.3, 0.4) is 0 Å². The van der Waals surface area contributed by atoms with Gasteiger partial charge in [0.15, 0.2) is 0 Å². The molecule has 5 nitrogen and oxygen atoms in total. The molecule has 22 heavy (non-hydrogen) atoms. The van der Waals surface area contributed by atoms with Crippen molar-refractivity contribution in [3.05, 3.63) is 42.2 Å². The molecule has 0 unspecified atom stereocenters. The first-order valence-electron chi connectivity index (χ1n) is 7.87. The van der Waals surface area contributed by atoms with Crippen LogP contribution in [0.4, 0.5) is 17.3 Å². The number of nitrogens with one attached hydrogen (secondary N) is 1. The van der Waals surface area contributed by atoms with E-state index in [1.807, 2.05) is 12.1 Å². The molecule has 1 aliphatic heterocycles. The number of hydrogen-bond acceptors (Lipinski definition) is 5. The average molecular weight is 297 g/mol. The first-order valence-corrected chi connectivity index (χ1v) is 7.87. The summed E-state index contributed by atoms with van der Waals surface area (Å²) in [5, 5.41) is 3.36. The van der Waals surface area contributed by atoms with Gasteiger partial charge in [-0.2, -0.15) is 0 Å². The van der Waals surface area contributed by atoms with Gasteiger partial charge in [0.1, 0.15) is 18.0 Å². The van der Waals surface area contributed by atoms with Crippen molar-refractivity contribution < 1.29 is 0 Å². The number of rotatable bonds is 4. The van der Waals surface area contributed by atoms with E-state index in [1.54, 1.807) is 6.33 Å². The molecule has 116 valence electrons. The second kappa shape index (κ2) is 6.75. The molecular weight excluding hydrogens is 274 g/mol. The van der Waals surface area contributed by atoms with Gasteiger partial charge in [0.05, 0.1) is 0 Å². The number of anilines is 3. The van der Waals surface area contributed by atoms with E-state index in [9.17, 15) is 0 Å². The van der Waals surface area contributed by atoms with E-state index in [4.69, 9.17) is 0 Å². The molecule has 1 fully saturated rings. The Balaban J connectivity index is 1.70. The summed E-state index contributed by atoms with van der Waals surface area (Å²) in [6, 6.07) is 10.3. The van der Waals surface area contributed by atoms with Gasteiger partial charge >= 0.3 is 0 Å². The first kappa shape index (κ1) is 14.8. The summed E-state index contributed by atoms with van der Waals surface area (Å²) in [4.78, 5) is 13.6. The summed E-state index contributed by atoms with van der Waals surface area (Å²) in [5.41, 5.74) is 2.29. The molecule has 1 aliphatic rings. The second-order valence-corrected chi connectivity index (χ2v) is 5.68. The number of aromatic nitrogens is 2. The number of piperazine rings is 1. The Hall–Kier alpha value is -2.14. The number of aryl methyl sites for hydroxylation is 1. The third-order valence-electron chi connectivity index (χ3n) is 4.09. The van der Waals surface area contributed by atoms with Crippen molar-refractivity contribution in [2.24, 2.45) is 0 Å². The predicted molar refractivity (Wildman–Crippen MR) is 90.8 cm³/mol. The molecule has 0 amide bonds. The highest BCUT2D eigenvalue weighted by molar-refractivity contribution is 5.59. The summed E-state index contributed by atoms with van der Waals surface area (Å²) in [7, 11) is 0. The average Bonchev–Trinajstić information content (AvgIpc) is 2.55. The monoisotopic (exact) mass is 297 g/mol. The normalized spacial score (nSPS) is 15.8. The standard InChI is InChI=1S/C17H23N5/c1-3-21-7-9-22(10-8-21)17-12-16(18-13-19-17)20-15-6-4-5-14(2)11-15/h4-6,11-13H,3,7-10H2,1-2H3,(H,18,19,20). The minimum absolute atomic E-state index is 0.841. The summed E-state index contributed by atoms with van der Waals surface area (Å²) in [6.07, 6.45) is 1.64. The molecule has 1 aromatic carbocycles. The van der Waals surface area contributed by atoms with Crippen LogP contribution in [-0.2, 0) is 0 Å². The van der Waals surface area contributed by atoms with Gasteiger partial charge in [-0.15, -0.1) is 0 Å². The fourth-order valence-electron chi connectivity index (χ4n) is 2.75. The third kappa shape index (κ3) is 3.54. The summed E-state index contributed by atoms with van der Waals surface area (Å²) in [6.45, 7) is 9.66. The van der Waals surface area contributed by atoms with E-state index in [2.05, 4.69) is 57.1 Å². The molecule has 0 spiro atoms. The Labute approximate surface area is 132 Å². The van der Waals surface area contributed by atoms with Crippen molar-refractivity contribution in [3.8, 4) is 0 Å². The van der Waals surface area contributed by atoms with Gasteiger partial charge in [-0.3, -0.25) is 0 Å². The zero-order valence-corrected chi connectivity index (χ0v) is 13.3. The number of nitrogens with zero attached hydrogens (tertiary/aromatic N) is 4. The van der Waals surface area contributed by atoms with Crippen LogP contribution >= 0.6 is 0 Å². The lowest BCUT2D eigenvalue weighted by Gasteiger charge is -2.34. The summed E-state index contributed by atoms with van der Waals surface area (Å²) >= 11 is 0. The molecule has 1 N–H and O–H groups in total. The zero-order chi connectivity index (χ0) is 15.4. The molecule has 0 atom stereocenters. The number of likely N-dealkylation sites (N-methyl/N-ethyl adjacent to an activating group) is 1. The Kier molecular flexibility index (Phi) is 4.53. The second-order valence-electron chi connectivity index (χ2n) is 5.68. The van der Waals surface area contributed by atoms with Crippen molar-refractivity contribution >= 4 is 17.3 Å². The van der Waals surface area contributed by atoms with Crippen LogP contribution in [0.2, 0.25) is 0 Å². The highest BCUT2D eigenvalue weighted by Gasteiger charge is 2.17. The summed E-state index contributed by atoms with van der Waals surface area (Å²) in [5.74, 6) is 1.84. The first-order chi connectivity index (χ1) is 10.7. The van der Waals surface area contributed by atoms with Crippen LogP contribution in [0.25, 0.3) is 0 Å². The van der Waals surface area contributed by atoms with Crippen molar-refractivity contribution in [1.82, 2.24) is 14.9 Å². The van der Waals surface area contributed by atoms with Gasteiger partial charge in [0.25, 0.3) is 0 Å². The number of hydrogen-bond donors (Lipinski definition) is 1. The van der Waals surface area contributed by atoms with Crippen molar-refractivity contribution in [1.29, 1.82) is 0 Å². The minimum atomic E-state index is 0.841. The van der Waals surface area contributed by atoms with Crippen LogP contribution in [0.1, 0.15) is 12.5 Å². The van der Waals surface area contributed by atoms with Gasteiger partial charge < -0.3 is 15.1 Å². The van der Waals surface area contributed by atoms with Crippen molar-refractivity contribution in [3.63, 3.8) is 0 Å². The van der Waals surface area contributed by atoms with Crippen LogP contribution in [0.15, 0.2) is 36.7 Å². The zero-order valence-electron chi connectivity index (χ0n) is 13.3. The van der Waals surface area contributed by atoms with Crippen LogP contribution in [0, 0.1) is 6.92 Å². The Bertz CT molecular complexity index is 620. The minimum Gasteiger partial charge on any atom is -0.354 e. The molecule has 5 heteroatoms. The third-order valence-corrected chi connectivity index (χ3v) is 4.09. The van der Waals surface area contributed by atoms with Gasteiger partial charge in [0, 0.05) is 37.9 Å². The maximum atomic E-state index is 4.43. The van der Waals surface area contributed by atoms with E-state index in [-0.39, 0.29) is 0 Å². The molecule has 0 aliphatic carbocycles. The van der Waals surface area contributed by atoms with Gasteiger partial charge in [-0.1, -0.05) is 19.1 Å². The fraction of sp³-hybridized carbons (Fsp3) is 0.412. The molecule has 2 heterocycles.